The van der Waals surface area contributed by atoms with Crippen LogP contribution < -0.4 is 5.73 Å². The number of nitrogens with zero attached hydrogens (tertiary/aromatic N) is 1. The number of halogens is 1. The molecule has 0 amide bonds. The van der Waals surface area contributed by atoms with E-state index in [-0.39, 0.29) is 6.42 Å². The average Bonchev–Trinajstić information content (AvgIpc) is 2.29. The van der Waals surface area contributed by atoms with Crippen LogP contribution in [-0.2, 0) is 4.79 Å². The smallest absolute Gasteiger partial charge is 0.305 e. The monoisotopic (exact) mass is 250 g/mol. The lowest BCUT2D eigenvalue weighted by molar-refractivity contribution is -0.137. The molecule has 0 bridgehead atoms. The zero-order valence-electron chi connectivity index (χ0n) is 8.93. The van der Waals surface area contributed by atoms with E-state index in [0.29, 0.717) is 16.1 Å². The van der Waals surface area contributed by atoms with Gasteiger partial charge in [0, 0.05) is 22.6 Å². The summed E-state index contributed by atoms with van der Waals surface area (Å²) in [4.78, 5) is 14.9. The number of aromatic nitrogens is 1. The van der Waals surface area contributed by atoms with Crippen LogP contribution in [0.15, 0.2) is 30.5 Å². The van der Waals surface area contributed by atoms with Crippen molar-refractivity contribution < 1.29 is 9.90 Å². The van der Waals surface area contributed by atoms with E-state index >= 15 is 0 Å². The van der Waals surface area contributed by atoms with Crippen molar-refractivity contribution in [1.82, 2.24) is 4.98 Å². The molecule has 0 aliphatic carbocycles. The number of carbonyl (C=O) groups is 1. The number of benzene rings is 1. The van der Waals surface area contributed by atoms with Gasteiger partial charge in [0.15, 0.2) is 0 Å². The zero-order chi connectivity index (χ0) is 12.4. The molecule has 1 aromatic carbocycles. The Balaban J connectivity index is 2.55. The number of carboxylic acids is 1. The minimum atomic E-state index is -0.934. The molecule has 0 spiro atoms. The molecular weight excluding hydrogens is 240 g/mol. The summed E-state index contributed by atoms with van der Waals surface area (Å²) in [5.41, 5.74) is 7.21. The highest BCUT2D eigenvalue weighted by Gasteiger charge is 2.15. The third-order valence-corrected chi connectivity index (χ3v) is 2.87. The molecule has 0 aliphatic rings. The van der Waals surface area contributed by atoms with E-state index in [1.165, 1.54) is 0 Å². The van der Waals surface area contributed by atoms with Gasteiger partial charge in [-0.2, -0.15) is 0 Å². The highest BCUT2D eigenvalue weighted by Crippen LogP contribution is 2.28. The summed E-state index contributed by atoms with van der Waals surface area (Å²) < 4.78 is 0. The topological polar surface area (TPSA) is 76.2 Å². The molecule has 0 saturated heterocycles. The Hall–Kier alpha value is -1.65. The van der Waals surface area contributed by atoms with E-state index in [1.807, 2.05) is 6.07 Å². The van der Waals surface area contributed by atoms with Gasteiger partial charge in [0.25, 0.3) is 0 Å². The summed E-state index contributed by atoms with van der Waals surface area (Å²) in [5, 5.41) is 10.1. The molecule has 1 atom stereocenters. The van der Waals surface area contributed by atoms with Gasteiger partial charge in [0.1, 0.15) is 0 Å². The molecule has 0 aliphatic heterocycles. The maximum Gasteiger partial charge on any atom is 0.305 e. The molecule has 17 heavy (non-hydrogen) atoms. The first-order valence-electron chi connectivity index (χ1n) is 5.10. The van der Waals surface area contributed by atoms with E-state index in [1.54, 1.807) is 24.4 Å². The molecule has 4 nitrogen and oxygen atoms in total. The number of fused-ring (bicyclic) bond motifs is 1. The Kier molecular flexibility index (Phi) is 3.26. The van der Waals surface area contributed by atoms with Gasteiger partial charge in [-0.1, -0.05) is 17.7 Å². The second-order valence-electron chi connectivity index (χ2n) is 3.74. The lowest BCUT2D eigenvalue weighted by Gasteiger charge is -2.12. The van der Waals surface area contributed by atoms with Gasteiger partial charge in [-0.3, -0.25) is 9.78 Å². The summed E-state index contributed by atoms with van der Waals surface area (Å²) in [6.45, 7) is 0. The van der Waals surface area contributed by atoms with Gasteiger partial charge in [0.05, 0.1) is 11.9 Å². The van der Waals surface area contributed by atoms with Crippen molar-refractivity contribution in [2.24, 2.45) is 5.73 Å². The van der Waals surface area contributed by atoms with Gasteiger partial charge < -0.3 is 10.8 Å². The molecule has 1 aromatic heterocycles. The van der Waals surface area contributed by atoms with Crippen LogP contribution in [0.5, 0.6) is 0 Å². The van der Waals surface area contributed by atoms with Crippen molar-refractivity contribution in [1.29, 1.82) is 0 Å². The Bertz CT molecular complexity index is 571. The van der Waals surface area contributed by atoms with Gasteiger partial charge in [0.2, 0.25) is 0 Å². The van der Waals surface area contributed by atoms with Crippen LogP contribution in [0.3, 0.4) is 0 Å². The lowest BCUT2D eigenvalue weighted by Crippen LogP contribution is -2.15. The van der Waals surface area contributed by atoms with E-state index in [9.17, 15) is 4.79 Å². The van der Waals surface area contributed by atoms with Crippen LogP contribution in [0, 0.1) is 0 Å². The van der Waals surface area contributed by atoms with Crippen LogP contribution in [0.1, 0.15) is 18.0 Å². The molecular formula is C12H11ClN2O2. The van der Waals surface area contributed by atoms with Crippen LogP contribution in [-0.4, -0.2) is 16.1 Å². The predicted octanol–water partition coefficient (Wildman–Crippen LogP) is 2.36. The number of hydrogen-bond donors (Lipinski definition) is 2. The van der Waals surface area contributed by atoms with Gasteiger partial charge in [-0.25, -0.2) is 0 Å². The fraction of sp³-hybridized carbons (Fsp3) is 0.167. The minimum Gasteiger partial charge on any atom is -0.481 e. The summed E-state index contributed by atoms with van der Waals surface area (Å²) in [5.74, 6) is -0.934. The van der Waals surface area contributed by atoms with Crippen LogP contribution in [0.25, 0.3) is 10.9 Å². The molecule has 2 rings (SSSR count). The van der Waals surface area contributed by atoms with Gasteiger partial charge in [-0.05, 0) is 23.8 Å². The molecule has 0 fully saturated rings. The molecule has 2 aromatic rings. The van der Waals surface area contributed by atoms with Crippen molar-refractivity contribution in [3.63, 3.8) is 0 Å². The fourth-order valence-electron chi connectivity index (χ4n) is 1.76. The average molecular weight is 251 g/mol. The molecule has 3 N–H and O–H groups in total. The number of rotatable bonds is 3. The third-order valence-electron chi connectivity index (χ3n) is 2.54. The van der Waals surface area contributed by atoms with Gasteiger partial charge in [-0.15, -0.1) is 0 Å². The largest absolute Gasteiger partial charge is 0.481 e. The van der Waals surface area contributed by atoms with Crippen LogP contribution >= 0.6 is 11.6 Å². The number of carboxylic acid groups (broad SMARTS) is 1. The van der Waals surface area contributed by atoms with Crippen molar-refractivity contribution in [3.8, 4) is 0 Å². The lowest BCUT2D eigenvalue weighted by atomic mass is 10.0. The fourth-order valence-corrected chi connectivity index (χ4v) is 1.97. The number of nitrogens with two attached hydrogens (primary N) is 1. The summed E-state index contributed by atoms with van der Waals surface area (Å²) in [7, 11) is 0. The van der Waals surface area contributed by atoms with E-state index < -0.39 is 12.0 Å². The Labute approximate surface area is 103 Å². The molecule has 5 heteroatoms. The SMILES string of the molecule is NC(CC(=O)O)c1ccc(Cl)c2cccnc12. The standard InChI is InChI=1S/C12H11ClN2O2/c13-9-4-3-8(10(14)6-11(16)17)12-7(9)2-1-5-15-12/h1-5,10H,6,14H2,(H,16,17). The zero-order valence-corrected chi connectivity index (χ0v) is 9.69. The Morgan fingerprint density at radius 2 is 2.24 bits per heavy atom. The number of pyridine rings is 1. The van der Waals surface area contributed by atoms with Gasteiger partial charge >= 0.3 is 5.97 Å². The first kappa shape index (κ1) is 11.8. The van der Waals surface area contributed by atoms with Crippen LogP contribution in [0.2, 0.25) is 5.02 Å². The highest BCUT2D eigenvalue weighted by atomic mass is 35.5. The first-order chi connectivity index (χ1) is 8.09. The molecule has 1 unspecified atom stereocenters. The van der Waals surface area contributed by atoms with Crippen molar-refractivity contribution in [2.75, 3.05) is 0 Å². The third kappa shape index (κ3) is 2.38. The highest BCUT2D eigenvalue weighted by molar-refractivity contribution is 6.35. The molecule has 88 valence electrons. The molecule has 0 radical (unpaired) electrons. The Morgan fingerprint density at radius 3 is 2.94 bits per heavy atom. The quantitative estimate of drug-likeness (QED) is 0.877. The second kappa shape index (κ2) is 4.69. The summed E-state index contributed by atoms with van der Waals surface area (Å²) in [6.07, 6.45) is 1.50. The second-order valence-corrected chi connectivity index (χ2v) is 4.15. The molecule has 0 saturated carbocycles. The summed E-state index contributed by atoms with van der Waals surface area (Å²) >= 11 is 6.04. The normalized spacial score (nSPS) is 12.6. The van der Waals surface area contributed by atoms with Crippen molar-refractivity contribution in [2.45, 2.75) is 12.5 Å². The van der Waals surface area contributed by atoms with Crippen molar-refractivity contribution in [3.05, 3.63) is 41.0 Å². The predicted molar refractivity (Wildman–Crippen MR) is 65.9 cm³/mol. The Morgan fingerprint density at radius 1 is 1.47 bits per heavy atom. The minimum absolute atomic E-state index is 0.132. The van der Waals surface area contributed by atoms with E-state index in [4.69, 9.17) is 22.4 Å². The molecule has 1 heterocycles. The van der Waals surface area contributed by atoms with E-state index in [0.717, 1.165) is 5.39 Å². The van der Waals surface area contributed by atoms with Crippen molar-refractivity contribution >= 4 is 28.5 Å². The maximum absolute atomic E-state index is 10.7. The van der Waals surface area contributed by atoms with Crippen LogP contribution in [0.4, 0.5) is 0 Å². The first-order valence-corrected chi connectivity index (χ1v) is 5.48. The maximum atomic E-state index is 10.7. The number of aliphatic carboxylic acids is 1. The number of hydrogen-bond acceptors (Lipinski definition) is 3. The summed E-state index contributed by atoms with van der Waals surface area (Å²) in [6, 6.07) is 6.47. The van der Waals surface area contributed by atoms with E-state index in [2.05, 4.69) is 4.98 Å².